The van der Waals surface area contributed by atoms with Gasteiger partial charge in [-0.3, -0.25) is 4.79 Å². The summed E-state index contributed by atoms with van der Waals surface area (Å²) >= 11 is 0. The van der Waals surface area contributed by atoms with Crippen LogP contribution in [0.3, 0.4) is 0 Å². The fourth-order valence-electron chi connectivity index (χ4n) is 2.20. The van der Waals surface area contributed by atoms with Crippen molar-refractivity contribution >= 4 is 17.7 Å². The Morgan fingerprint density at radius 2 is 2.30 bits per heavy atom. The minimum absolute atomic E-state index is 0.0606. The van der Waals surface area contributed by atoms with Crippen molar-refractivity contribution < 1.29 is 9.53 Å². The molecule has 7 nitrogen and oxygen atoms in total. The molecule has 0 radical (unpaired) electrons. The Labute approximate surface area is 118 Å². The van der Waals surface area contributed by atoms with Gasteiger partial charge in [0.05, 0.1) is 13.2 Å². The number of morpholine rings is 1. The molecule has 0 aliphatic carbocycles. The molecule has 1 atom stereocenters. The van der Waals surface area contributed by atoms with E-state index in [4.69, 9.17) is 10.5 Å². The van der Waals surface area contributed by atoms with E-state index in [0.717, 1.165) is 5.69 Å². The zero-order valence-corrected chi connectivity index (χ0v) is 12.1. The van der Waals surface area contributed by atoms with E-state index in [-0.39, 0.29) is 23.9 Å². The van der Waals surface area contributed by atoms with E-state index < -0.39 is 0 Å². The number of ether oxygens (including phenoxy) is 1. The third-order valence-electron chi connectivity index (χ3n) is 3.01. The molecule has 0 aromatic carbocycles. The highest BCUT2D eigenvalue weighted by molar-refractivity contribution is 5.85. The first kappa shape index (κ1) is 14.5. The number of aryl methyl sites for hydroxylation is 1. The first-order chi connectivity index (χ1) is 9.47. The SMILES string of the molecule is Cc1cc(N2CCOCC2C(=O)NC(C)C)nc(N)n1. The Morgan fingerprint density at radius 3 is 2.95 bits per heavy atom. The van der Waals surface area contributed by atoms with Crippen LogP contribution in [0.25, 0.3) is 0 Å². The number of anilines is 2. The van der Waals surface area contributed by atoms with Crippen molar-refractivity contribution in [1.82, 2.24) is 15.3 Å². The molecule has 3 N–H and O–H groups in total. The predicted octanol–water partition coefficient (Wildman–Crippen LogP) is 0.0970. The van der Waals surface area contributed by atoms with Crippen LogP contribution >= 0.6 is 0 Å². The molecule has 2 rings (SSSR count). The summed E-state index contributed by atoms with van der Waals surface area (Å²) in [4.78, 5) is 22.5. The summed E-state index contributed by atoms with van der Waals surface area (Å²) in [6, 6.07) is 1.53. The summed E-state index contributed by atoms with van der Waals surface area (Å²) in [5, 5.41) is 2.91. The molecule has 1 aromatic heterocycles. The molecule has 1 amide bonds. The minimum atomic E-state index is -0.389. The van der Waals surface area contributed by atoms with Gasteiger partial charge in [0.25, 0.3) is 0 Å². The number of nitrogens with two attached hydrogens (primary N) is 1. The van der Waals surface area contributed by atoms with E-state index in [1.165, 1.54) is 0 Å². The summed E-state index contributed by atoms with van der Waals surface area (Å²) in [7, 11) is 0. The average Bonchev–Trinajstić information content (AvgIpc) is 2.36. The maximum Gasteiger partial charge on any atom is 0.245 e. The quantitative estimate of drug-likeness (QED) is 0.815. The van der Waals surface area contributed by atoms with Crippen molar-refractivity contribution in [2.45, 2.75) is 32.9 Å². The molecule has 0 bridgehead atoms. The van der Waals surface area contributed by atoms with E-state index in [0.29, 0.717) is 25.6 Å². The molecule has 20 heavy (non-hydrogen) atoms. The zero-order valence-electron chi connectivity index (χ0n) is 12.1. The van der Waals surface area contributed by atoms with Crippen molar-refractivity contribution in [3.63, 3.8) is 0 Å². The van der Waals surface area contributed by atoms with Gasteiger partial charge in [-0.1, -0.05) is 0 Å². The Balaban J connectivity index is 2.24. The second-order valence-electron chi connectivity index (χ2n) is 5.17. The number of carbonyl (C=O) groups excluding carboxylic acids is 1. The first-order valence-corrected chi connectivity index (χ1v) is 6.73. The number of amides is 1. The molecular weight excluding hydrogens is 258 g/mol. The van der Waals surface area contributed by atoms with Crippen molar-refractivity contribution in [1.29, 1.82) is 0 Å². The largest absolute Gasteiger partial charge is 0.377 e. The molecular formula is C13H21N5O2. The minimum Gasteiger partial charge on any atom is -0.377 e. The van der Waals surface area contributed by atoms with E-state index >= 15 is 0 Å². The molecule has 1 aliphatic heterocycles. The number of rotatable bonds is 3. The van der Waals surface area contributed by atoms with E-state index in [1.54, 1.807) is 0 Å². The molecule has 110 valence electrons. The van der Waals surface area contributed by atoms with Crippen LogP contribution in [-0.2, 0) is 9.53 Å². The third-order valence-corrected chi connectivity index (χ3v) is 3.01. The van der Waals surface area contributed by atoms with Crippen molar-refractivity contribution in [2.24, 2.45) is 0 Å². The lowest BCUT2D eigenvalue weighted by molar-refractivity contribution is -0.125. The van der Waals surface area contributed by atoms with Gasteiger partial charge < -0.3 is 20.7 Å². The maximum absolute atomic E-state index is 12.3. The summed E-state index contributed by atoms with van der Waals surface area (Å²) in [6.45, 7) is 7.23. The van der Waals surface area contributed by atoms with E-state index in [2.05, 4.69) is 15.3 Å². The highest BCUT2D eigenvalue weighted by atomic mass is 16.5. The predicted molar refractivity (Wildman–Crippen MR) is 76.4 cm³/mol. The van der Waals surface area contributed by atoms with Gasteiger partial charge in [-0.25, -0.2) is 4.98 Å². The number of nitrogens with zero attached hydrogens (tertiary/aromatic N) is 3. The van der Waals surface area contributed by atoms with Crippen molar-refractivity contribution in [3.8, 4) is 0 Å². The lowest BCUT2D eigenvalue weighted by atomic mass is 10.2. The monoisotopic (exact) mass is 279 g/mol. The van der Waals surface area contributed by atoms with Crippen LogP contribution in [0.15, 0.2) is 6.07 Å². The molecule has 0 spiro atoms. The molecule has 1 saturated heterocycles. The van der Waals surface area contributed by atoms with Crippen LogP contribution in [0.5, 0.6) is 0 Å². The standard InChI is InChI=1S/C13H21N5O2/c1-8(2)15-12(19)10-7-20-5-4-18(10)11-6-9(3)16-13(14)17-11/h6,8,10H,4-5,7H2,1-3H3,(H,15,19)(H2,14,16,17). The van der Waals surface area contributed by atoms with Gasteiger partial charge in [-0.2, -0.15) is 4.98 Å². The highest BCUT2D eigenvalue weighted by Gasteiger charge is 2.31. The second-order valence-corrected chi connectivity index (χ2v) is 5.17. The maximum atomic E-state index is 12.3. The molecule has 7 heteroatoms. The lowest BCUT2D eigenvalue weighted by Gasteiger charge is -2.35. The highest BCUT2D eigenvalue weighted by Crippen LogP contribution is 2.19. The molecule has 1 aliphatic rings. The molecule has 1 unspecified atom stereocenters. The lowest BCUT2D eigenvalue weighted by Crippen LogP contribution is -2.55. The number of nitrogens with one attached hydrogen (secondary N) is 1. The van der Waals surface area contributed by atoms with Gasteiger partial charge in [0.2, 0.25) is 11.9 Å². The van der Waals surface area contributed by atoms with Crippen molar-refractivity contribution in [2.75, 3.05) is 30.4 Å². The Hall–Kier alpha value is -1.89. The van der Waals surface area contributed by atoms with Gasteiger partial charge in [-0.05, 0) is 20.8 Å². The van der Waals surface area contributed by atoms with Gasteiger partial charge in [-0.15, -0.1) is 0 Å². The number of nitrogen functional groups attached to an aromatic ring is 1. The van der Waals surface area contributed by atoms with Crippen LogP contribution < -0.4 is 16.0 Å². The van der Waals surface area contributed by atoms with Gasteiger partial charge in [0, 0.05) is 24.3 Å². The molecule has 1 fully saturated rings. The van der Waals surface area contributed by atoms with E-state index in [9.17, 15) is 4.79 Å². The van der Waals surface area contributed by atoms with Crippen LogP contribution in [0.1, 0.15) is 19.5 Å². The molecule has 0 saturated carbocycles. The van der Waals surface area contributed by atoms with Gasteiger partial charge >= 0.3 is 0 Å². The number of hydrogen-bond acceptors (Lipinski definition) is 6. The molecule has 2 heterocycles. The van der Waals surface area contributed by atoms with Gasteiger partial charge in [0.15, 0.2) is 0 Å². The van der Waals surface area contributed by atoms with Crippen LogP contribution in [0.4, 0.5) is 11.8 Å². The van der Waals surface area contributed by atoms with Crippen LogP contribution in [0, 0.1) is 6.92 Å². The van der Waals surface area contributed by atoms with Gasteiger partial charge in [0.1, 0.15) is 11.9 Å². The topological polar surface area (TPSA) is 93.4 Å². The van der Waals surface area contributed by atoms with Crippen LogP contribution in [0.2, 0.25) is 0 Å². The Morgan fingerprint density at radius 1 is 1.55 bits per heavy atom. The first-order valence-electron chi connectivity index (χ1n) is 6.73. The third kappa shape index (κ3) is 3.36. The smallest absolute Gasteiger partial charge is 0.245 e. The fraction of sp³-hybridized carbons (Fsp3) is 0.615. The number of carbonyl (C=O) groups is 1. The Kier molecular flexibility index (Phi) is 4.39. The zero-order chi connectivity index (χ0) is 14.7. The normalized spacial score (nSPS) is 19.2. The number of hydrogen-bond donors (Lipinski definition) is 2. The summed E-state index contributed by atoms with van der Waals surface area (Å²) < 4.78 is 5.42. The second kappa shape index (κ2) is 6.04. The number of aromatic nitrogens is 2. The van der Waals surface area contributed by atoms with E-state index in [1.807, 2.05) is 31.7 Å². The molecule has 1 aromatic rings. The summed E-state index contributed by atoms with van der Waals surface area (Å²) in [5.74, 6) is 0.825. The average molecular weight is 279 g/mol. The van der Waals surface area contributed by atoms with Crippen molar-refractivity contribution in [3.05, 3.63) is 11.8 Å². The Bertz CT molecular complexity index is 471. The summed E-state index contributed by atoms with van der Waals surface area (Å²) in [6.07, 6.45) is 0. The summed E-state index contributed by atoms with van der Waals surface area (Å²) in [5.41, 5.74) is 6.47. The fourth-order valence-corrected chi connectivity index (χ4v) is 2.20. The van der Waals surface area contributed by atoms with Crippen LogP contribution in [-0.4, -0.2) is 47.7 Å².